The first-order chi connectivity index (χ1) is 6.48. The summed E-state index contributed by atoms with van der Waals surface area (Å²) in [6, 6.07) is 2.17. The molecule has 0 radical (unpaired) electrons. The van der Waals surface area contributed by atoms with Crippen LogP contribution < -0.4 is 0 Å². The maximum absolute atomic E-state index is 6.05. The average Bonchev–Trinajstić information content (AvgIpc) is 2.50. The molecule has 78 valence electrons. The quantitative estimate of drug-likeness (QED) is 0.630. The van der Waals surface area contributed by atoms with Crippen LogP contribution in [-0.2, 0) is 0 Å². The Labute approximate surface area is 110 Å². The molecule has 1 saturated carbocycles. The molecule has 1 fully saturated rings. The molecule has 1 aliphatic rings. The second-order valence-corrected chi connectivity index (χ2v) is 7.52. The summed E-state index contributed by atoms with van der Waals surface area (Å²) in [5, 5.41) is 1.08. The summed E-state index contributed by atoms with van der Waals surface area (Å²) < 4.78 is 1.91. The van der Waals surface area contributed by atoms with Crippen molar-refractivity contribution in [2.75, 3.05) is 5.33 Å². The number of halogens is 3. The molecule has 1 aliphatic carbocycles. The van der Waals surface area contributed by atoms with E-state index in [2.05, 4.69) is 51.8 Å². The minimum absolute atomic E-state index is 0.428. The molecule has 2 atom stereocenters. The first-order valence-corrected chi connectivity index (χ1v) is 7.60. The summed E-state index contributed by atoms with van der Waals surface area (Å²) in [5.74, 6) is 1.43. The lowest BCUT2D eigenvalue weighted by Gasteiger charge is -1.98. The predicted octanol–water partition coefficient (Wildman–Crippen LogP) is 5.30. The number of thiophene rings is 1. The van der Waals surface area contributed by atoms with Crippen LogP contribution >= 0.6 is 54.8 Å². The highest BCUT2D eigenvalue weighted by Crippen LogP contribution is 2.66. The molecule has 2 unspecified atom stereocenters. The number of hydrogen-bond acceptors (Lipinski definition) is 1. The third-order valence-electron chi connectivity index (χ3n) is 3.19. The fourth-order valence-electron chi connectivity index (χ4n) is 2.11. The lowest BCUT2D eigenvalue weighted by Crippen LogP contribution is -1.89. The Hall–Kier alpha value is 0.950. The molecule has 0 saturated heterocycles. The summed E-state index contributed by atoms with van der Waals surface area (Å²) in [6.07, 6.45) is 0. The Morgan fingerprint density at radius 2 is 2.21 bits per heavy atom. The van der Waals surface area contributed by atoms with E-state index in [9.17, 15) is 0 Å². The molecule has 0 aliphatic heterocycles. The largest absolute Gasteiger partial charge is 0.127 e. The van der Waals surface area contributed by atoms with Crippen LogP contribution in [0.5, 0.6) is 0 Å². The summed E-state index contributed by atoms with van der Waals surface area (Å²) in [7, 11) is 0. The highest BCUT2D eigenvalue weighted by molar-refractivity contribution is 9.10. The number of hydrogen-bond donors (Lipinski definition) is 0. The Morgan fingerprint density at radius 1 is 1.57 bits per heavy atom. The lowest BCUT2D eigenvalue weighted by molar-refractivity contribution is 0.581. The molecular weight excluding hydrogens is 347 g/mol. The van der Waals surface area contributed by atoms with Crippen molar-refractivity contribution in [3.63, 3.8) is 0 Å². The zero-order chi connectivity index (χ0) is 10.5. The van der Waals surface area contributed by atoms with Crippen LogP contribution in [0.2, 0.25) is 4.34 Å². The zero-order valence-corrected chi connectivity index (χ0v) is 12.7. The zero-order valence-electron chi connectivity index (χ0n) is 7.98. The monoisotopic (exact) mass is 356 g/mol. The van der Waals surface area contributed by atoms with Crippen molar-refractivity contribution in [1.29, 1.82) is 0 Å². The molecule has 0 amide bonds. The fraction of sp³-hybridized carbons (Fsp3) is 0.600. The smallest absolute Gasteiger partial charge is 0.107 e. The molecular formula is C10H11Br2ClS. The summed E-state index contributed by atoms with van der Waals surface area (Å²) in [4.78, 5) is 1.41. The molecule has 0 N–H and O–H groups in total. The van der Waals surface area contributed by atoms with Crippen molar-refractivity contribution < 1.29 is 0 Å². The number of alkyl halides is 1. The molecule has 0 aromatic carbocycles. The van der Waals surface area contributed by atoms with E-state index in [0.29, 0.717) is 11.3 Å². The van der Waals surface area contributed by atoms with E-state index >= 15 is 0 Å². The van der Waals surface area contributed by atoms with Gasteiger partial charge in [0.2, 0.25) is 0 Å². The summed E-state index contributed by atoms with van der Waals surface area (Å²) in [5.41, 5.74) is 0.428. The molecule has 0 bridgehead atoms. The van der Waals surface area contributed by atoms with Crippen LogP contribution in [0.1, 0.15) is 24.6 Å². The standard InChI is InChI=1S/C10H11Br2ClS/c1-10(2)5(4-11)8(10)7-3-6(12)9(13)14-7/h3,5,8H,4H2,1-2H3. The molecule has 0 nitrogen and oxygen atoms in total. The van der Waals surface area contributed by atoms with Gasteiger partial charge in [0.1, 0.15) is 4.34 Å². The highest BCUT2D eigenvalue weighted by atomic mass is 79.9. The minimum Gasteiger partial charge on any atom is -0.127 e. The topological polar surface area (TPSA) is 0 Å². The van der Waals surface area contributed by atoms with Gasteiger partial charge in [-0.3, -0.25) is 0 Å². The van der Waals surface area contributed by atoms with Gasteiger partial charge in [-0.1, -0.05) is 41.4 Å². The maximum Gasteiger partial charge on any atom is 0.107 e. The fourth-order valence-corrected chi connectivity index (χ4v) is 5.42. The van der Waals surface area contributed by atoms with E-state index in [1.54, 1.807) is 11.3 Å². The Balaban J connectivity index is 2.26. The van der Waals surface area contributed by atoms with E-state index in [0.717, 1.165) is 20.1 Å². The average molecular weight is 359 g/mol. The van der Waals surface area contributed by atoms with Gasteiger partial charge in [0.15, 0.2) is 0 Å². The number of rotatable bonds is 2. The Bertz CT molecular complexity index is 340. The second-order valence-electron chi connectivity index (χ2n) is 4.33. The maximum atomic E-state index is 6.05. The van der Waals surface area contributed by atoms with Gasteiger partial charge in [-0.25, -0.2) is 0 Å². The van der Waals surface area contributed by atoms with Crippen molar-refractivity contribution >= 4 is 54.8 Å². The van der Waals surface area contributed by atoms with Crippen molar-refractivity contribution in [2.24, 2.45) is 11.3 Å². The summed E-state index contributed by atoms with van der Waals surface area (Å²) in [6.45, 7) is 4.65. The first kappa shape index (κ1) is 11.4. The first-order valence-electron chi connectivity index (χ1n) is 4.49. The molecule has 1 heterocycles. The van der Waals surface area contributed by atoms with Crippen molar-refractivity contribution in [2.45, 2.75) is 19.8 Å². The van der Waals surface area contributed by atoms with Gasteiger partial charge < -0.3 is 0 Å². The van der Waals surface area contributed by atoms with Crippen LogP contribution in [0.4, 0.5) is 0 Å². The molecule has 0 spiro atoms. The van der Waals surface area contributed by atoms with Gasteiger partial charge in [-0.15, -0.1) is 11.3 Å². The van der Waals surface area contributed by atoms with E-state index in [4.69, 9.17) is 11.6 Å². The molecule has 1 aromatic heterocycles. The molecule has 14 heavy (non-hydrogen) atoms. The van der Waals surface area contributed by atoms with Crippen LogP contribution in [0, 0.1) is 11.3 Å². The molecule has 4 heteroatoms. The molecule has 1 aromatic rings. The molecule has 2 rings (SSSR count). The van der Waals surface area contributed by atoms with Crippen molar-refractivity contribution in [3.8, 4) is 0 Å². The Kier molecular flexibility index (Phi) is 3.07. The minimum atomic E-state index is 0.428. The van der Waals surface area contributed by atoms with Crippen molar-refractivity contribution in [1.82, 2.24) is 0 Å². The predicted molar refractivity (Wildman–Crippen MR) is 70.8 cm³/mol. The Morgan fingerprint density at radius 3 is 2.57 bits per heavy atom. The van der Waals surface area contributed by atoms with Gasteiger partial charge >= 0.3 is 0 Å². The highest BCUT2D eigenvalue weighted by Gasteiger charge is 2.58. The SMILES string of the molecule is CC1(C)C(CBr)C1c1cc(Br)c(Cl)s1. The van der Waals surface area contributed by atoms with E-state index in [1.807, 2.05) is 0 Å². The van der Waals surface area contributed by atoms with Crippen molar-refractivity contribution in [3.05, 3.63) is 19.8 Å². The van der Waals surface area contributed by atoms with E-state index < -0.39 is 0 Å². The van der Waals surface area contributed by atoms with Crippen LogP contribution in [0.3, 0.4) is 0 Å². The second kappa shape index (κ2) is 3.76. The van der Waals surface area contributed by atoms with Gasteiger partial charge in [-0.2, -0.15) is 0 Å². The van der Waals surface area contributed by atoms with E-state index in [1.165, 1.54) is 4.88 Å². The third-order valence-corrected chi connectivity index (χ3v) is 6.44. The van der Waals surface area contributed by atoms with Gasteiger partial charge in [0, 0.05) is 20.6 Å². The van der Waals surface area contributed by atoms with Gasteiger partial charge in [0.05, 0.1) is 0 Å². The third kappa shape index (κ3) is 1.70. The normalized spacial score (nSPS) is 29.2. The van der Waals surface area contributed by atoms with Crippen LogP contribution in [0.15, 0.2) is 10.5 Å². The van der Waals surface area contributed by atoms with Crippen LogP contribution in [-0.4, -0.2) is 5.33 Å². The van der Waals surface area contributed by atoms with Gasteiger partial charge in [-0.05, 0) is 33.3 Å². The van der Waals surface area contributed by atoms with Gasteiger partial charge in [0.25, 0.3) is 0 Å². The lowest BCUT2D eigenvalue weighted by atomic mass is 10.1. The van der Waals surface area contributed by atoms with E-state index in [-0.39, 0.29) is 0 Å². The summed E-state index contributed by atoms with van der Waals surface area (Å²) >= 11 is 14.8. The van der Waals surface area contributed by atoms with Crippen LogP contribution in [0.25, 0.3) is 0 Å².